The summed E-state index contributed by atoms with van der Waals surface area (Å²) in [5.74, 6) is 0.724. The number of carbonyl (C=O) groups is 1. The van der Waals surface area contributed by atoms with Crippen LogP contribution in [0.4, 0.5) is 0 Å². The van der Waals surface area contributed by atoms with Crippen molar-refractivity contribution in [1.29, 1.82) is 0 Å². The SMILES string of the molecule is CC1CCNC(C(=O)NCc2ccnn2C)C1. The van der Waals surface area contributed by atoms with E-state index in [0.29, 0.717) is 12.5 Å². The molecule has 1 saturated heterocycles. The van der Waals surface area contributed by atoms with Gasteiger partial charge in [0.1, 0.15) is 0 Å². The second-order valence-corrected chi connectivity index (χ2v) is 4.80. The van der Waals surface area contributed by atoms with Crippen molar-refractivity contribution in [3.8, 4) is 0 Å². The zero-order valence-electron chi connectivity index (χ0n) is 10.4. The molecule has 0 aliphatic carbocycles. The van der Waals surface area contributed by atoms with Gasteiger partial charge in [0.25, 0.3) is 0 Å². The highest BCUT2D eigenvalue weighted by Crippen LogP contribution is 2.15. The summed E-state index contributed by atoms with van der Waals surface area (Å²) in [4.78, 5) is 11.9. The van der Waals surface area contributed by atoms with Crippen LogP contribution < -0.4 is 10.6 Å². The Bertz CT molecular complexity index is 388. The molecule has 5 nitrogen and oxygen atoms in total. The topological polar surface area (TPSA) is 59.0 Å². The molecule has 1 aliphatic heterocycles. The van der Waals surface area contributed by atoms with Crippen LogP contribution >= 0.6 is 0 Å². The molecule has 1 amide bonds. The average molecular weight is 236 g/mol. The molecule has 0 aromatic carbocycles. The first-order chi connectivity index (χ1) is 8.16. The second kappa shape index (κ2) is 5.31. The summed E-state index contributed by atoms with van der Waals surface area (Å²) in [6.07, 6.45) is 3.82. The van der Waals surface area contributed by atoms with Crippen LogP contribution in [0.5, 0.6) is 0 Å². The number of aryl methyl sites for hydroxylation is 1. The van der Waals surface area contributed by atoms with E-state index in [9.17, 15) is 4.79 Å². The van der Waals surface area contributed by atoms with Gasteiger partial charge >= 0.3 is 0 Å². The third-order valence-corrected chi connectivity index (χ3v) is 3.35. The molecular weight excluding hydrogens is 216 g/mol. The van der Waals surface area contributed by atoms with Crippen molar-refractivity contribution in [2.75, 3.05) is 6.54 Å². The molecule has 1 aliphatic rings. The number of rotatable bonds is 3. The highest BCUT2D eigenvalue weighted by Gasteiger charge is 2.24. The van der Waals surface area contributed by atoms with Gasteiger partial charge in [0.15, 0.2) is 0 Å². The van der Waals surface area contributed by atoms with E-state index >= 15 is 0 Å². The monoisotopic (exact) mass is 236 g/mol. The Balaban J connectivity index is 1.83. The summed E-state index contributed by atoms with van der Waals surface area (Å²) in [6.45, 7) is 3.68. The lowest BCUT2D eigenvalue weighted by molar-refractivity contribution is -0.124. The molecule has 17 heavy (non-hydrogen) atoms. The molecule has 1 aromatic heterocycles. The first-order valence-electron chi connectivity index (χ1n) is 6.15. The van der Waals surface area contributed by atoms with E-state index in [1.54, 1.807) is 10.9 Å². The maximum Gasteiger partial charge on any atom is 0.237 e. The molecule has 2 atom stereocenters. The third kappa shape index (κ3) is 3.06. The van der Waals surface area contributed by atoms with Crippen LogP contribution in [0.25, 0.3) is 0 Å². The van der Waals surface area contributed by atoms with E-state index in [2.05, 4.69) is 22.7 Å². The molecule has 1 fully saturated rings. The summed E-state index contributed by atoms with van der Waals surface area (Å²) >= 11 is 0. The number of nitrogens with zero attached hydrogens (tertiary/aromatic N) is 2. The average Bonchev–Trinajstić information content (AvgIpc) is 2.72. The van der Waals surface area contributed by atoms with Crippen molar-refractivity contribution < 1.29 is 4.79 Å². The number of aromatic nitrogens is 2. The van der Waals surface area contributed by atoms with Crippen LogP contribution in [0.3, 0.4) is 0 Å². The third-order valence-electron chi connectivity index (χ3n) is 3.35. The Morgan fingerprint density at radius 3 is 3.18 bits per heavy atom. The highest BCUT2D eigenvalue weighted by atomic mass is 16.2. The van der Waals surface area contributed by atoms with Crippen molar-refractivity contribution in [2.45, 2.75) is 32.4 Å². The minimum Gasteiger partial charge on any atom is -0.349 e. The van der Waals surface area contributed by atoms with E-state index in [-0.39, 0.29) is 11.9 Å². The van der Waals surface area contributed by atoms with Gasteiger partial charge in [-0.3, -0.25) is 9.48 Å². The van der Waals surface area contributed by atoms with Gasteiger partial charge in [0.05, 0.1) is 18.3 Å². The van der Waals surface area contributed by atoms with E-state index in [0.717, 1.165) is 25.1 Å². The molecule has 0 radical (unpaired) electrons. The lowest BCUT2D eigenvalue weighted by Gasteiger charge is -2.27. The Morgan fingerprint density at radius 1 is 1.71 bits per heavy atom. The van der Waals surface area contributed by atoms with Gasteiger partial charge in [0, 0.05) is 13.2 Å². The minimum atomic E-state index is -0.0352. The summed E-state index contributed by atoms with van der Waals surface area (Å²) < 4.78 is 1.78. The van der Waals surface area contributed by atoms with Gasteiger partial charge in [-0.1, -0.05) is 6.92 Å². The number of hydrogen-bond donors (Lipinski definition) is 2. The molecule has 0 saturated carbocycles. The maximum atomic E-state index is 11.9. The van der Waals surface area contributed by atoms with Crippen LogP contribution in [0, 0.1) is 5.92 Å². The quantitative estimate of drug-likeness (QED) is 0.800. The molecule has 1 aromatic rings. The fourth-order valence-corrected chi connectivity index (χ4v) is 2.18. The second-order valence-electron chi connectivity index (χ2n) is 4.80. The molecule has 2 unspecified atom stereocenters. The van der Waals surface area contributed by atoms with Crippen molar-refractivity contribution in [2.24, 2.45) is 13.0 Å². The zero-order chi connectivity index (χ0) is 12.3. The molecule has 0 bridgehead atoms. The molecule has 2 rings (SSSR count). The fourth-order valence-electron chi connectivity index (χ4n) is 2.18. The first-order valence-corrected chi connectivity index (χ1v) is 6.15. The zero-order valence-corrected chi connectivity index (χ0v) is 10.4. The first kappa shape index (κ1) is 12.1. The minimum absolute atomic E-state index is 0.0352. The number of piperidine rings is 1. The Labute approximate surface area is 102 Å². The van der Waals surface area contributed by atoms with Gasteiger partial charge < -0.3 is 10.6 Å². The van der Waals surface area contributed by atoms with Gasteiger partial charge in [-0.2, -0.15) is 5.10 Å². The molecule has 2 N–H and O–H groups in total. The van der Waals surface area contributed by atoms with E-state index in [4.69, 9.17) is 0 Å². The van der Waals surface area contributed by atoms with Crippen LogP contribution in [0.15, 0.2) is 12.3 Å². The maximum absolute atomic E-state index is 11.9. The Morgan fingerprint density at radius 2 is 2.53 bits per heavy atom. The predicted molar refractivity (Wildman–Crippen MR) is 65.2 cm³/mol. The Kier molecular flexibility index (Phi) is 3.78. The van der Waals surface area contributed by atoms with Crippen LogP contribution in [-0.4, -0.2) is 28.3 Å². The van der Waals surface area contributed by atoms with E-state index < -0.39 is 0 Å². The number of carbonyl (C=O) groups excluding carboxylic acids is 1. The van der Waals surface area contributed by atoms with Gasteiger partial charge in [-0.25, -0.2) is 0 Å². The predicted octanol–water partition coefficient (Wildman–Crippen LogP) is 0.424. The van der Waals surface area contributed by atoms with Gasteiger partial charge in [-0.05, 0) is 31.4 Å². The summed E-state index contributed by atoms with van der Waals surface area (Å²) in [7, 11) is 1.88. The molecule has 5 heteroatoms. The largest absolute Gasteiger partial charge is 0.349 e. The standard InChI is InChI=1S/C12H20N4O/c1-9-3-5-13-11(7-9)12(17)14-8-10-4-6-15-16(10)2/h4,6,9,11,13H,3,5,7-8H2,1-2H3,(H,14,17). The van der Waals surface area contributed by atoms with E-state index in [1.807, 2.05) is 13.1 Å². The molecule has 94 valence electrons. The smallest absolute Gasteiger partial charge is 0.237 e. The van der Waals surface area contributed by atoms with Crippen LogP contribution in [-0.2, 0) is 18.4 Å². The fraction of sp³-hybridized carbons (Fsp3) is 0.667. The van der Waals surface area contributed by atoms with Gasteiger partial charge in [0.2, 0.25) is 5.91 Å². The normalized spacial score (nSPS) is 24.6. The van der Waals surface area contributed by atoms with Crippen molar-refractivity contribution in [3.05, 3.63) is 18.0 Å². The Hall–Kier alpha value is -1.36. The summed E-state index contributed by atoms with van der Waals surface area (Å²) in [5.41, 5.74) is 1.02. The van der Waals surface area contributed by atoms with Crippen LogP contribution in [0.1, 0.15) is 25.5 Å². The highest BCUT2D eigenvalue weighted by molar-refractivity contribution is 5.81. The van der Waals surface area contributed by atoms with E-state index in [1.165, 1.54) is 0 Å². The van der Waals surface area contributed by atoms with Crippen molar-refractivity contribution >= 4 is 5.91 Å². The molecule has 0 spiro atoms. The summed E-state index contributed by atoms with van der Waals surface area (Å²) in [5, 5.41) is 10.3. The van der Waals surface area contributed by atoms with Crippen molar-refractivity contribution in [3.63, 3.8) is 0 Å². The lowest BCUT2D eigenvalue weighted by Crippen LogP contribution is -2.48. The molecule has 2 heterocycles. The van der Waals surface area contributed by atoms with Crippen molar-refractivity contribution in [1.82, 2.24) is 20.4 Å². The van der Waals surface area contributed by atoms with Gasteiger partial charge in [-0.15, -0.1) is 0 Å². The number of amides is 1. The van der Waals surface area contributed by atoms with Crippen LogP contribution in [0.2, 0.25) is 0 Å². The number of hydrogen-bond acceptors (Lipinski definition) is 3. The summed E-state index contributed by atoms with van der Waals surface area (Å²) in [6, 6.07) is 1.88. The lowest BCUT2D eigenvalue weighted by atomic mass is 9.94. The molecular formula is C12H20N4O. The number of nitrogens with one attached hydrogen (secondary N) is 2.